The topological polar surface area (TPSA) is 61.4 Å². The molecule has 4 rings (SSSR count). The average Bonchev–Trinajstić information content (AvgIpc) is 2.80. The van der Waals surface area contributed by atoms with E-state index >= 15 is 0 Å². The second kappa shape index (κ2) is 9.83. The second-order valence-corrected chi connectivity index (χ2v) is 8.14. The predicted molar refractivity (Wildman–Crippen MR) is 115 cm³/mol. The Balaban J connectivity index is 1.22. The van der Waals surface area contributed by atoms with Gasteiger partial charge in [-0.2, -0.15) is 0 Å². The normalized spacial score (nSPS) is 21.1. The quantitative estimate of drug-likeness (QED) is 0.817. The highest BCUT2D eigenvalue weighted by Crippen LogP contribution is 2.25. The molecule has 0 bridgehead atoms. The van der Waals surface area contributed by atoms with Gasteiger partial charge in [0.2, 0.25) is 5.91 Å². The molecule has 29 heavy (non-hydrogen) atoms. The van der Waals surface area contributed by atoms with E-state index < -0.39 is 0 Å². The average molecular weight is 394 g/mol. The van der Waals surface area contributed by atoms with Gasteiger partial charge in [0.05, 0.1) is 12.1 Å². The number of hydrogen-bond donors (Lipinski definition) is 1. The highest BCUT2D eigenvalue weighted by Gasteiger charge is 2.31. The molecule has 1 N–H and O–H groups in total. The van der Waals surface area contributed by atoms with E-state index in [1.165, 1.54) is 5.56 Å². The van der Waals surface area contributed by atoms with Crippen molar-refractivity contribution in [3.63, 3.8) is 0 Å². The van der Waals surface area contributed by atoms with Gasteiger partial charge in [-0.3, -0.25) is 14.7 Å². The molecular formula is C23H31N5O. The first-order valence-electron chi connectivity index (χ1n) is 10.9. The van der Waals surface area contributed by atoms with E-state index in [-0.39, 0.29) is 11.8 Å². The third kappa shape index (κ3) is 5.32. The van der Waals surface area contributed by atoms with E-state index in [9.17, 15) is 4.79 Å². The van der Waals surface area contributed by atoms with Crippen LogP contribution >= 0.6 is 0 Å². The van der Waals surface area contributed by atoms with E-state index in [0.717, 1.165) is 70.6 Å². The molecule has 2 aromatic rings. The SMILES string of the molecule is O=C(NCCc1ccccc1)[C@H]1CCCN(C2CCN(c3cnccn3)CC2)C1. The van der Waals surface area contributed by atoms with Crippen LogP contribution in [0.1, 0.15) is 31.2 Å². The van der Waals surface area contributed by atoms with Crippen molar-refractivity contribution in [1.29, 1.82) is 0 Å². The number of amides is 1. The van der Waals surface area contributed by atoms with Crippen LogP contribution in [0.3, 0.4) is 0 Å². The van der Waals surface area contributed by atoms with Crippen LogP contribution in [-0.4, -0.2) is 59.5 Å². The maximum absolute atomic E-state index is 12.7. The molecule has 0 unspecified atom stereocenters. The molecule has 1 aromatic carbocycles. The lowest BCUT2D eigenvalue weighted by atomic mass is 9.93. The Morgan fingerprint density at radius 2 is 1.90 bits per heavy atom. The Morgan fingerprint density at radius 3 is 2.66 bits per heavy atom. The smallest absolute Gasteiger partial charge is 0.224 e. The fraction of sp³-hybridized carbons (Fsp3) is 0.522. The zero-order valence-electron chi connectivity index (χ0n) is 17.0. The lowest BCUT2D eigenvalue weighted by Gasteiger charge is -2.42. The summed E-state index contributed by atoms with van der Waals surface area (Å²) in [6.07, 6.45) is 10.6. The minimum Gasteiger partial charge on any atom is -0.355 e. The van der Waals surface area contributed by atoms with Gasteiger partial charge in [-0.1, -0.05) is 30.3 Å². The number of nitrogens with one attached hydrogen (secondary N) is 1. The van der Waals surface area contributed by atoms with Gasteiger partial charge in [0.15, 0.2) is 0 Å². The molecule has 2 fully saturated rings. The van der Waals surface area contributed by atoms with Crippen LogP contribution in [0, 0.1) is 5.92 Å². The maximum atomic E-state index is 12.7. The van der Waals surface area contributed by atoms with Crippen LogP contribution in [0.5, 0.6) is 0 Å². The number of piperidine rings is 2. The van der Waals surface area contributed by atoms with Gasteiger partial charge in [0.1, 0.15) is 5.82 Å². The molecule has 154 valence electrons. The zero-order chi connectivity index (χ0) is 19.9. The van der Waals surface area contributed by atoms with Gasteiger partial charge in [0.25, 0.3) is 0 Å². The van der Waals surface area contributed by atoms with Crippen molar-refractivity contribution >= 4 is 11.7 Å². The molecule has 2 saturated heterocycles. The second-order valence-electron chi connectivity index (χ2n) is 8.14. The Kier molecular flexibility index (Phi) is 6.72. The summed E-state index contributed by atoms with van der Waals surface area (Å²) in [6, 6.07) is 10.9. The number of anilines is 1. The summed E-state index contributed by atoms with van der Waals surface area (Å²) in [5, 5.41) is 3.16. The van der Waals surface area contributed by atoms with Crippen molar-refractivity contribution in [2.45, 2.75) is 38.1 Å². The van der Waals surface area contributed by atoms with Crippen molar-refractivity contribution < 1.29 is 4.79 Å². The monoisotopic (exact) mass is 393 g/mol. The zero-order valence-corrected chi connectivity index (χ0v) is 17.0. The van der Waals surface area contributed by atoms with Crippen LogP contribution in [-0.2, 0) is 11.2 Å². The Hall–Kier alpha value is -2.47. The predicted octanol–water partition coefficient (Wildman–Crippen LogP) is 2.52. The molecule has 6 nitrogen and oxygen atoms in total. The Labute approximate surface area is 173 Å². The lowest BCUT2D eigenvalue weighted by Crippen LogP contribution is -2.51. The molecule has 6 heteroatoms. The van der Waals surface area contributed by atoms with Crippen molar-refractivity contribution in [1.82, 2.24) is 20.2 Å². The van der Waals surface area contributed by atoms with E-state index in [0.29, 0.717) is 6.04 Å². The van der Waals surface area contributed by atoms with Gasteiger partial charge in [-0.15, -0.1) is 0 Å². The maximum Gasteiger partial charge on any atom is 0.224 e. The minimum atomic E-state index is 0.123. The highest BCUT2D eigenvalue weighted by molar-refractivity contribution is 5.79. The van der Waals surface area contributed by atoms with Gasteiger partial charge in [-0.05, 0) is 44.2 Å². The minimum absolute atomic E-state index is 0.123. The van der Waals surface area contributed by atoms with Crippen molar-refractivity contribution in [2.24, 2.45) is 5.92 Å². The van der Waals surface area contributed by atoms with E-state index in [2.05, 4.69) is 37.2 Å². The molecule has 0 radical (unpaired) electrons. The molecule has 2 aliphatic heterocycles. The van der Waals surface area contributed by atoms with Crippen molar-refractivity contribution in [2.75, 3.05) is 37.6 Å². The van der Waals surface area contributed by atoms with Gasteiger partial charge >= 0.3 is 0 Å². The van der Waals surface area contributed by atoms with Crippen molar-refractivity contribution in [3.8, 4) is 0 Å². The molecule has 1 amide bonds. The van der Waals surface area contributed by atoms with Gasteiger partial charge < -0.3 is 10.2 Å². The third-order valence-corrected chi connectivity index (χ3v) is 6.23. The fourth-order valence-electron chi connectivity index (χ4n) is 4.59. The summed E-state index contributed by atoms with van der Waals surface area (Å²) in [4.78, 5) is 26.2. The number of rotatable bonds is 6. The first-order valence-corrected chi connectivity index (χ1v) is 10.9. The Morgan fingerprint density at radius 1 is 1.07 bits per heavy atom. The van der Waals surface area contributed by atoms with Crippen LogP contribution in [0.4, 0.5) is 5.82 Å². The summed E-state index contributed by atoms with van der Waals surface area (Å²) in [5.74, 6) is 1.32. The molecule has 1 atom stereocenters. The third-order valence-electron chi connectivity index (χ3n) is 6.23. The summed E-state index contributed by atoms with van der Waals surface area (Å²) in [7, 11) is 0. The van der Waals surface area contributed by atoms with Crippen molar-refractivity contribution in [3.05, 3.63) is 54.5 Å². The van der Waals surface area contributed by atoms with Crippen LogP contribution in [0.25, 0.3) is 0 Å². The molecule has 0 aliphatic carbocycles. The fourth-order valence-corrected chi connectivity index (χ4v) is 4.59. The van der Waals surface area contributed by atoms with E-state index in [4.69, 9.17) is 0 Å². The summed E-state index contributed by atoms with van der Waals surface area (Å²) < 4.78 is 0. The lowest BCUT2D eigenvalue weighted by molar-refractivity contribution is -0.127. The first kappa shape index (κ1) is 19.8. The number of hydrogen-bond acceptors (Lipinski definition) is 5. The summed E-state index contributed by atoms with van der Waals surface area (Å²) >= 11 is 0. The van der Waals surface area contributed by atoms with Crippen LogP contribution < -0.4 is 10.2 Å². The molecule has 0 saturated carbocycles. The highest BCUT2D eigenvalue weighted by atomic mass is 16.1. The number of carbonyl (C=O) groups excluding carboxylic acids is 1. The largest absolute Gasteiger partial charge is 0.355 e. The van der Waals surface area contributed by atoms with Gasteiger partial charge in [-0.25, -0.2) is 4.98 Å². The molecule has 1 aromatic heterocycles. The molecular weight excluding hydrogens is 362 g/mol. The number of carbonyl (C=O) groups is 1. The van der Waals surface area contributed by atoms with E-state index in [1.54, 1.807) is 12.4 Å². The number of aromatic nitrogens is 2. The van der Waals surface area contributed by atoms with Crippen LogP contribution in [0.2, 0.25) is 0 Å². The standard InChI is InChI=1S/C23H31N5O/c29-23(26-11-8-19-5-2-1-3-6-19)20-7-4-14-28(18-20)21-9-15-27(16-10-21)22-17-24-12-13-25-22/h1-3,5-6,12-13,17,20-21H,4,7-11,14-16,18H2,(H,26,29)/t20-/m0/s1. The summed E-state index contributed by atoms with van der Waals surface area (Å²) in [5.41, 5.74) is 1.27. The van der Waals surface area contributed by atoms with Gasteiger partial charge in [0, 0.05) is 44.6 Å². The first-order chi connectivity index (χ1) is 14.3. The molecule has 3 heterocycles. The van der Waals surface area contributed by atoms with Crippen LogP contribution in [0.15, 0.2) is 48.9 Å². The Bertz CT molecular complexity index is 761. The number of benzene rings is 1. The molecule has 2 aliphatic rings. The number of likely N-dealkylation sites (tertiary alicyclic amines) is 1. The summed E-state index contributed by atoms with van der Waals surface area (Å²) in [6.45, 7) is 4.74. The number of nitrogens with zero attached hydrogens (tertiary/aromatic N) is 4. The molecule has 0 spiro atoms. The van der Waals surface area contributed by atoms with E-state index in [1.807, 2.05) is 24.4 Å².